The lowest BCUT2D eigenvalue weighted by molar-refractivity contribution is 0.387. The van der Waals surface area contributed by atoms with Crippen molar-refractivity contribution in [2.75, 3.05) is 0 Å². The summed E-state index contributed by atoms with van der Waals surface area (Å²) in [6, 6.07) is 5.04. The second-order valence-electron chi connectivity index (χ2n) is 4.78. The summed E-state index contributed by atoms with van der Waals surface area (Å²) in [4.78, 5) is 21.3. The molecular weight excluding hydrogens is 336 g/mol. The third-order valence-electron chi connectivity index (χ3n) is 3.09. The molecule has 1 aromatic carbocycles. The zero-order chi connectivity index (χ0) is 16.4. The van der Waals surface area contributed by atoms with E-state index in [9.17, 15) is 4.79 Å². The van der Waals surface area contributed by atoms with Crippen molar-refractivity contribution in [1.29, 1.82) is 0 Å². The van der Waals surface area contributed by atoms with Crippen LogP contribution < -0.4 is 5.56 Å². The highest BCUT2D eigenvalue weighted by Crippen LogP contribution is 2.23. The summed E-state index contributed by atoms with van der Waals surface area (Å²) < 4.78 is 6.65. The molecule has 118 valence electrons. The van der Waals surface area contributed by atoms with Crippen molar-refractivity contribution in [3.8, 4) is 0 Å². The summed E-state index contributed by atoms with van der Waals surface area (Å²) in [6.45, 7) is 5.82. The van der Waals surface area contributed by atoms with E-state index in [2.05, 4.69) is 21.7 Å². The Morgan fingerprint density at radius 2 is 2.26 bits per heavy atom. The van der Waals surface area contributed by atoms with E-state index in [-0.39, 0.29) is 5.56 Å². The average molecular weight is 349 g/mol. The van der Waals surface area contributed by atoms with E-state index < -0.39 is 0 Å². The maximum atomic E-state index is 12.6. The molecule has 0 amide bonds. The number of hydrogen-bond donors (Lipinski definition) is 0. The Kier molecular flexibility index (Phi) is 4.49. The fourth-order valence-electron chi connectivity index (χ4n) is 2.10. The van der Waals surface area contributed by atoms with Crippen LogP contribution in [0.2, 0.25) is 5.02 Å². The summed E-state index contributed by atoms with van der Waals surface area (Å²) in [6.07, 6.45) is 1.66. The van der Waals surface area contributed by atoms with Crippen molar-refractivity contribution >= 4 is 34.3 Å². The first-order valence-corrected chi connectivity index (χ1v) is 8.18. The number of aryl methyl sites for hydroxylation is 1. The number of nitrogens with zero attached hydrogens (tertiary/aromatic N) is 4. The van der Waals surface area contributed by atoms with Gasteiger partial charge in [-0.1, -0.05) is 34.6 Å². The summed E-state index contributed by atoms with van der Waals surface area (Å²) in [7, 11) is 0. The van der Waals surface area contributed by atoms with Crippen molar-refractivity contribution in [3.63, 3.8) is 0 Å². The minimum absolute atomic E-state index is 0.129. The second kappa shape index (κ2) is 6.55. The first-order chi connectivity index (χ1) is 11.1. The van der Waals surface area contributed by atoms with Crippen LogP contribution in [0.3, 0.4) is 0 Å². The summed E-state index contributed by atoms with van der Waals surface area (Å²) in [5.41, 5.74) is 0.433. The van der Waals surface area contributed by atoms with Crippen LogP contribution in [0, 0.1) is 6.92 Å². The number of rotatable bonds is 5. The van der Waals surface area contributed by atoms with Gasteiger partial charge in [0.2, 0.25) is 5.89 Å². The Bertz CT molecular complexity index is 935. The number of benzene rings is 1. The van der Waals surface area contributed by atoms with Crippen molar-refractivity contribution in [2.45, 2.75) is 24.4 Å². The van der Waals surface area contributed by atoms with Gasteiger partial charge in [-0.2, -0.15) is 4.98 Å². The largest absolute Gasteiger partial charge is 0.338 e. The highest BCUT2D eigenvalue weighted by molar-refractivity contribution is 7.98. The van der Waals surface area contributed by atoms with Crippen LogP contribution in [0.25, 0.3) is 10.9 Å². The van der Waals surface area contributed by atoms with Gasteiger partial charge in [-0.3, -0.25) is 9.36 Å². The average Bonchev–Trinajstić information content (AvgIpc) is 2.94. The van der Waals surface area contributed by atoms with Crippen LogP contribution in [0.15, 0.2) is 45.3 Å². The molecule has 0 N–H and O–H groups in total. The lowest BCUT2D eigenvalue weighted by Gasteiger charge is -2.10. The first-order valence-electron chi connectivity index (χ1n) is 6.81. The Labute approximate surface area is 141 Å². The number of aromatic nitrogens is 4. The molecule has 0 radical (unpaired) electrons. The number of allylic oxidation sites excluding steroid dienone is 1. The Balaban J connectivity index is 2.04. The van der Waals surface area contributed by atoms with E-state index in [1.807, 2.05) is 0 Å². The lowest BCUT2D eigenvalue weighted by atomic mass is 10.2. The van der Waals surface area contributed by atoms with E-state index >= 15 is 0 Å². The highest BCUT2D eigenvalue weighted by atomic mass is 35.5. The standard InChI is InChI=1S/C15H13ClN4O2S/c1-3-6-20-14(21)11-5-4-10(16)7-12(11)18-15(20)23-8-13-17-9(2)19-22-13/h3-5,7H,1,6,8H2,2H3. The number of hydrogen-bond acceptors (Lipinski definition) is 6. The van der Waals surface area contributed by atoms with Gasteiger partial charge in [0.1, 0.15) is 0 Å². The Morgan fingerprint density at radius 3 is 2.96 bits per heavy atom. The predicted octanol–water partition coefficient (Wildman–Crippen LogP) is 3.22. The normalized spacial score (nSPS) is 11.0. The molecule has 0 aliphatic rings. The molecule has 0 saturated heterocycles. The minimum atomic E-state index is -0.129. The van der Waals surface area contributed by atoms with Crippen LogP contribution in [0.5, 0.6) is 0 Å². The molecule has 2 aromatic heterocycles. The molecule has 0 saturated carbocycles. The maximum Gasteiger partial charge on any atom is 0.262 e. The van der Waals surface area contributed by atoms with Crippen molar-refractivity contribution in [1.82, 2.24) is 19.7 Å². The van der Waals surface area contributed by atoms with E-state index in [0.29, 0.717) is 45.1 Å². The molecule has 0 fully saturated rings. The summed E-state index contributed by atoms with van der Waals surface area (Å²) >= 11 is 7.35. The van der Waals surface area contributed by atoms with Gasteiger partial charge in [-0.05, 0) is 25.1 Å². The molecule has 0 bridgehead atoms. The van der Waals surface area contributed by atoms with Gasteiger partial charge in [0.25, 0.3) is 5.56 Å². The highest BCUT2D eigenvalue weighted by Gasteiger charge is 2.13. The molecule has 23 heavy (non-hydrogen) atoms. The molecule has 6 nitrogen and oxygen atoms in total. The van der Waals surface area contributed by atoms with Crippen LogP contribution in [0.4, 0.5) is 0 Å². The van der Waals surface area contributed by atoms with E-state index in [0.717, 1.165) is 0 Å². The number of fused-ring (bicyclic) bond motifs is 1. The molecule has 8 heteroatoms. The Hall–Kier alpha value is -2.12. The molecular formula is C15H13ClN4O2S. The van der Waals surface area contributed by atoms with Crippen molar-refractivity contribution in [3.05, 3.63) is 57.9 Å². The third-order valence-corrected chi connectivity index (χ3v) is 4.28. The van der Waals surface area contributed by atoms with Crippen molar-refractivity contribution in [2.24, 2.45) is 0 Å². The predicted molar refractivity (Wildman–Crippen MR) is 89.8 cm³/mol. The SMILES string of the molecule is C=CCn1c(SCc2nc(C)no2)nc2cc(Cl)ccc2c1=O. The molecule has 0 unspecified atom stereocenters. The molecule has 2 heterocycles. The van der Waals surface area contributed by atoms with Gasteiger partial charge in [-0.15, -0.1) is 6.58 Å². The lowest BCUT2D eigenvalue weighted by Crippen LogP contribution is -2.22. The minimum Gasteiger partial charge on any atom is -0.338 e. The zero-order valence-corrected chi connectivity index (χ0v) is 13.9. The number of halogens is 1. The van der Waals surface area contributed by atoms with Gasteiger partial charge >= 0.3 is 0 Å². The second-order valence-corrected chi connectivity index (χ2v) is 6.16. The smallest absolute Gasteiger partial charge is 0.262 e. The third kappa shape index (κ3) is 3.30. The fourth-order valence-corrected chi connectivity index (χ4v) is 3.11. The van der Waals surface area contributed by atoms with Crippen LogP contribution in [-0.4, -0.2) is 19.7 Å². The Morgan fingerprint density at radius 1 is 1.43 bits per heavy atom. The van der Waals surface area contributed by atoms with Gasteiger partial charge in [-0.25, -0.2) is 4.98 Å². The quantitative estimate of drug-likeness (QED) is 0.400. The molecule has 3 rings (SSSR count). The van der Waals surface area contributed by atoms with Crippen LogP contribution in [0.1, 0.15) is 11.7 Å². The summed E-state index contributed by atoms with van der Waals surface area (Å²) in [5, 5.41) is 5.36. The molecule has 0 spiro atoms. The van der Waals surface area contributed by atoms with E-state index in [4.69, 9.17) is 16.1 Å². The molecule has 0 atom stereocenters. The van der Waals surface area contributed by atoms with Crippen LogP contribution >= 0.6 is 23.4 Å². The van der Waals surface area contributed by atoms with Crippen LogP contribution in [-0.2, 0) is 12.3 Å². The molecule has 0 aliphatic heterocycles. The van der Waals surface area contributed by atoms with Gasteiger partial charge < -0.3 is 4.52 Å². The fraction of sp³-hybridized carbons (Fsp3) is 0.200. The summed E-state index contributed by atoms with van der Waals surface area (Å²) in [5.74, 6) is 1.48. The molecule has 3 aromatic rings. The van der Waals surface area contributed by atoms with Crippen molar-refractivity contribution < 1.29 is 4.52 Å². The maximum absolute atomic E-state index is 12.6. The number of thioether (sulfide) groups is 1. The van der Waals surface area contributed by atoms with Gasteiger partial charge in [0, 0.05) is 11.6 Å². The van der Waals surface area contributed by atoms with Gasteiger partial charge in [0.15, 0.2) is 11.0 Å². The molecule has 0 aliphatic carbocycles. The topological polar surface area (TPSA) is 73.8 Å². The van der Waals surface area contributed by atoms with Gasteiger partial charge in [0.05, 0.1) is 16.7 Å². The first kappa shape index (κ1) is 15.8. The van der Waals surface area contributed by atoms with E-state index in [1.165, 1.54) is 11.8 Å². The monoisotopic (exact) mass is 348 g/mol. The van der Waals surface area contributed by atoms with E-state index in [1.54, 1.807) is 35.8 Å². The zero-order valence-electron chi connectivity index (χ0n) is 12.3.